The first-order valence-corrected chi connectivity index (χ1v) is 8.18. The molecule has 1 amide bonds. The van der Waals surface area contributed by atoms with Crippen molar-refractivity contribution < 1.29 is 14.3 Å². The summed E-state index contributed by atoms with van der Waals surface area (Å²) in [6.07, 6.45) is 1.94. The number of unbranched alkanes of at least 4 members (excludes halogenated alkanes) is 1. The highest BCUT2D eigenvalue weighted by Crippen LogP contribution is 2.23. The van der Waals surface area contributed by atoms with Gasteiger partial charge in [-0.05, 0) is 45.7 Å². The van der Waals surface area contributed by atoms with Gasteiger partial charge in [-0.25, -0.2) is 9.78 Å². The smallest absolute Gasteiger partial charge is 0.413 e. The third-order valence-electron chi connectivity index (χ3n) is 3.12. The van der Waals surface area contributed by atoms with Gasteiger partial charge in [0, 0.05) is 18.4 Å². The third-order valence-corrected chi connectivity index (χ3v) is 3.31. The lowest BCUT2D eigenvalue weighted by Gasteiger charge is -2.20. The molecule has 5 nitrogen and oxygen atoms in total. The minimum Gasteiger partial charge on any atom is -0.444 e. The summed E-state index contributed by atoms with van der Waals surface area (Å²) in [5, 5.41) is 2.86. The number of ether oxygens (including phenoxy) is 1. The van der Waals surface area contributed by atoms with Gasteiger partial charge in [0.05, 0.1) is 0 Å². The number of amides is 1. The molecule has 0 radical (unpaired) electrons. The number of ketones is 1. The van der Waals surface area contributed by atoms with Gasteiger partial charge in [0.25, 0.3) is 0 Å². The monoisotopic (exact) mass is 340 g/mol. The van der Waals surface area contributed by atoms with Crippen LogP contribution in [0.2, 0.25) is 5.15 Å². The molecule has 1 aromatic heterocycles. The summed E-state index contributed by atoms with van der Waals surface area (Å²) in [5.74, 6) is 0.403. The number of Topliss-reactive ketones (excluding diaryl/α,β-unsaturated/α-hetero) is 1. The maximum absolute atomic E-state index is 12.1. The summed E-state index contributed by atoms with van der Waals surface area (Å²) >= 11 is 5.97. The summed E-state index contributed by atoms with van der Waals surface area (Å²) in [4.78, 5) is 28.2. The SMILES string of the molecule is CCCCC(=O)Cc1c(C)cc(Cl)nc1NC(=O)OC(C)(C)C. The Bertz CT molecular complexity index is 580. The molecule has 1 rings (SSSR count). The van der Waals surface area contributed by atoms with Crippen LogP contribution >= 0.6 is 11.6 Å². The van der Waals surface area contributed by atoms with E-state index >= 15 is 0 Å². The lowest BCUT2D eigenvalue weighted by Crippen LogP contribution is -2.28. The highest BCUT2D eigenvalue weighted by molar-refractivity contribution is 6.29. The number of hydrogen-bond acceptors (Lipinski definition) is 4. The molecule has 6 heteroatoms. The molecule has 0 unspecified atom stereocenters. The van der Waals surface area contributed by atoms with Crippen molar-refractivity contribution >= 4 is 29.3 Å². The summed E-state index contributed by atoms with van der Waals surface area (Å²) in [6, 6.07) is 1.68. The van der Waals surface area contributed by atoms with Crippen molar-refractivity contribution in [2.24, 2.45) is 0 Å². The zero-order valence-corrected chi connectivity index (χ0v) is 15.2. The molecular weight excluding hydrogens is 316 g/mol. The molecule has 1 N–H and O–H groups in total. The van der Waals surface area contributed by atoms with Crippen LogP contribution in [0.1, 0.15) is 58.1 Å². The van der Waals surface area contributed by atoms with Crippen LogP contribution in [0.4, 0.5) is 10.6 Å². The number of carbonyl (C=O) groups excluding carboxylic acids is 2. The summed E-state index contributed by atoms with van der Waals surface area (Å²) < 4.78 is 5.23. The lowest BCUT2D eigenvalue weighted by atomic mass is 10.0. The zero-order valence-electron chi connectivity index (χ0n) is 14.5. The topological polar surface area (TPSA) is 68.3 Å². The largest absolute Gasteiger partial charge is 0.444 e. The van der Waals surface area contributed by atoms with Gasteiger partial charge in [-0.15, -0.1) is 0 Å². The normalized spacial score (nSPS) is 11.2. The Morgan fingerprint density at radius 2 is 2.00 bits per heavy atom. The molecule has 0 aliphatic heterocycles. The second-order valence-corrected chi connectivity index (χ2v) is 6.92. The van der Waals surface area contributed by atoms with Gasteiger partial charge in [0.1, 0.15) is 22.4 Å². The van der Waals surface area contributed by atoms with Gasteiger partial charge in [-0.3, -0.25) is 10.1 Å². The molecule has 0 atom stereocenters. The van der Waals surface area contributed by atoms with E-state index in [0.717, 1.165) is 18.4 Å². The van der Waals surface area contributed by atoms with Crippen molar-refractivity contribution in [2.75, 3.05) is 5.32 Å². The van der Waals surface area contributed by atoms with E-state index in [1.165, 1.54) is 0 Å². The molecular formula is C17H25ClN2O3. The molecule has 1 heterocycles. The molecule has 0 saturated heterocycles. The van der Waals surface area contributed by atoms with Crippen LogP contribution in [0.25, 0.3) is 0 Å². The molecule has 0 aromatic carbocycles. The van der Waals surface area contributed by atoms with E-state index in [9.17, 15) is 9.59 Å². The Morgan fingerprint density at radius 1 is 1.35 bits per heavy atom. The number of aromatic nitrogens is 1. The molecule has 128 valence electrons. The van der Waals surface area contributed by atoms with E-state index in [0.29, 0.717) is 12.0 Å². The first kappa shape index (κ1) is 19.4. The highest BCUT2D eigenvalue weighted by atomic mass is 35.5. The van der Waals surface area contributed by atoms with Crippen LogP contribution in [0.3, 0.4) is 0 Å². The predicted molar refractivity (Wildman–Crippen MR) is 92.1 cm³/mol. The van der Waals surface area contributed by atoms with E-state index in [4.69, 9.17) is 16.3 Å². The number of anilines is 1. The first-order valence-electron chi connectivity index (χ1n) is 7.80. The maximum Gasteiger partial charge on any atom is 0.413 e. The van der Waals surface area contributed by atoms with Gasteiger partial charge >= 0.3 is 6.09 Å². The number of halogens is 1. The Morgan fingerprint density at radius 3 is 2.57 bits per heavy atom. The fourth-order valence-corrected chi connectivity index (χ4v) is 2.29. The number of nitrogens with one attached hydrogen (secondary N) is 1. The van der Waals surface area contributed by atoms with E-state index in [1.807, 2.05) is 13.8 Å². The zero-order chi connectivity index (χ0) is 17.6. The van der Waals surface area contributed by atoms with Crippen LogP contribution < -0.4 is 5.32 Å². The van der Waals surface area contributed by atoms with Gasteiger partial charge in [-0.2, -0.15) is 0 Å². The summed E-state index contributed by atoms with van der Waals surface area (Å²) in [6.45, 7) is 9.21. The van der Waals surface area contributed by atoms with Crippen LogP contribution in [-0.4, -0.2) is 22.5 Å². The van der Waals surface area contributed by atoms with Crippen molar-refractivity contribution in [2.45, 2.75) is 65.9 Å². The third kappa shape index (κ3) is 6.99. The van der Waals surface area contributed by atoms with Gasteiger partial charge < -0.3 is 4.74 Å². The Hall–Kier alpha value is -1.62. The fourth-order valence-electron chi connectivity index (χ4n) is 2.05. The number of hydrogen-bond donors (Lipinski definition) is 1. The lowest BCUT2D eigenvalue weighted by molar-refractivity contribution is -0.118. The Labute approximate surface area is 142 Å². The van der Waals surface area contributed by atoms with Crippen molar-refractivity contribution in [3.63, 3.8) is 0 Å². The molecule has 0 saturated carbocycles. The first-order chi connectivity index (χ1) is 10.6. The van der Waals surface area contributed by atoms with Crippen LogP contribution in [-0.2, 0) is 16.0 Å². The van der Waals surface area contributed by atoms with Gasteiger partial charge in [0.15, 0.2) is 0 Å². The van der Waals surface area contributed by atoms with E-state index in [1.54, 1.807) is 26.8 Å². The second kappa shape index (κ2) is 8.29. The average molecular weight is 341 g/mol. The molecule has 23 heavy (non-hydrogen) atoms. The minimum atomic E-state index is -0.617. The number of nitrogens with zero attached hydrogens (tertiary/aromatic N) is 1. The van der Waals surface area contributed by atoms with E-state index in [2.05, 4.69) is 10.3 Å². The minimum absolute atomic E-state index is 0.117. The van der Waals surface area contributed by atoms with E-state index < -0.39 is 11.7 Å². The van der Waals surface area contributed by atoms with Crippen LogP contribution in [0.5, 0.6) is 0 Å². The molecule has 0 bridgehead atoms. The highest BCUT2D eigenvalue weighted by Gasteiger charge is 2.20. The van der Waals surface area contributed by atoms with Crippen LogP contribution in [0.15, 0.2) is 6.07 Å². The predicted octanol–water partition coefficient (Wildman–Crippen LogP) is 4.69. The Kier molecular flexibility index (Phi) is 7.01. The molecule has 0 fully saturated rings. The maximum atomic E-state index is 12.1. The molecule has 0 spiro atoms. The van der Waals surface area contributed by atoms with Crippen LogP contribution in [0, 0.1) is 6.92 Å². The number of rotatable bonds is 6. The average Bonchev–Trinajstić information content (AvgIpc) is 2.38. The van der Waals surface area contributed by atoms with Crippen molar-refractivity contribution in [3.05, 3.63) is 22.3 Å². The molecule has 0 aliphatic carbocycles. The van der Waals surface area contributed by atoms with Crippen molar-refractivity contribution in [1.29, 1.82) is 0 Å². The molecule has 0 aliphatic rings. The van der Waals surface area contributed by atoms with Gasteiger partial charge in [-0.1, -0.05) is 24.9 Å². The van der Waals surface area contributed by atoms with E-state index in [-0.39, 0.29) is 23.2 Å². The standard InChI is InChI=1S/C17H25ClN2O3/c1-6-7-8-12(21)10-13-11(2)9-14(18)19-15(13)20-16(22)23-17(3,4)5/h9H,6-8,10H2,1-5H3,(H,19,20,22). The number of pyridine rings is 1. The molecule has 1 aromatic rings. The second-order valence-electron chi connectivity index (χ2n) is 6.53. The summed E-state index contributed by atoms with van der Waals surface area (Å²) in [7, 11) is 0. The van der Waals surface area contributed by atoms with Gasteiger partial charge in [0.2, 0.25) is 0 Å². The number of aryl methyl sites for hydroxylation is 1. The van der Waals surface area contributed by atoms with Crippen molar-refractivity contribution in [3.8, 4) is 0 Å². The Balaban J connectivity index is 2.97. The number of carbonyl (C=O) groups is 2. The summed E-state index contributed by atoms with van der Waals surface area (Å²) in [5.41, 5.74) is 0.886. The van der Waals surface area contributed by atoms with Crippen molar-refractivity contribution in [1.82, 2.24) is 4.98 Å². The fraction of sp³-hybridized carbons (Fsp3) is 0.588. The quantitative estimate of drug-likeness (QED) is 0.762.